The molecule has 2 nitrogen and oxygen atoms in total. The van der Waals surface area contributed by atoms with Crippen LogP contribution in [0.4, 0.5) is 0 Å². The molecule has 1 heterocycles. The number of furan rings is 1. The number of fused-ring (bicyclic) bond motifs is 1. The number of rotatable bonds is 4. The largest absolute Gasteiger partial charge is 0.466 e. The first-order valence-corrected chi connectivity index (χ1v) is 7.08. The van der Waals surface area contributed by atoms with Gasteiger partial charge >= 0.3 is 0 Å². The van der Waals surface area contributed by atoms with Crippen molar-refractivity contribution in [3.05, 3.63) is 22.6 Å². The van der Waals surface area contributed by atoms with E-state index in [1.54, 1.807) is 6.26 Å². The van der Waals surface area contributed by atoms with Gasteiger partial charge in [0.25, 0.3) is 0 Å². The second-order valence-electron chi connectivity index (χ2n) is 5.00. The maximum atomic E-state index is 5.64. The molecule has 2 fully saturated rings. The first-order chi connectivity index (χ1) is 7.83. The van der Waals surface area contributed by atoms with Crippen LogP contribution in [0.25, 0.3) is 0 Å². The normalized spacial score (nSPS) is 33.8. The topological polar surface area (TPSA) is 25.2 Å². The molecule has 0 bridgehead atoms. The maximum Gasteiger partial charge on any atom is 0.135 e. The van der Waals surface area contributed by atoms with Gasteiger partial charge in [0.05, 0.1) is 16.8 Å². The van der Waals surface area contributed by atoms with Crippen LogP contribution >= 0.6 is 15.9 Å². The van der Waals surface area contributed by atoms with Crippen molar-refractivity contribution in [2.75, 3.05) is 6.54 Å². The fourth-order valence-corrected chi connectivity index (χ4v) is 3.97. The Morgan fingerprint density at radius 2 is 2.25 bits per heavy atom. The van der Waals surface area contributed by atoms with Crippen LogP contribution in [0.2, 0.25) is 0 Å². The first kappa shape index (κ1) is 10.8. The van der Waals surface area contributed by atoms with Gasteiger partial charge < -0.3 is 9.73 Å². The number of hydrogen-bond acceptors (Lipinski definition) is 2. The van der Waals surface area contributed by atoms with Crippen LogP contribution in [0.5, 0.6) is 0 Å². The minimum Gasteiger partial charge on any atom is -0.466 e. The van der Waals surface area contributed by atoms with Crippen molar-refractivity contribution in [2.45, 2.75) is 32.2 Å². The third-order valence-electron chi connectivity index (χ3n) is 4.21. The van der Waals surface area contributed by atoms with Gasteiger partial charge in [-0.15, -0.1) is 0 Å². The van der Waals surface area contributed by atoms with Crippen molar-refractivity contribution in [3.8, 4) is 0 Å². The standard InChI is InChI=1S/C13H18BrNO/c1-2-15-12(13-10(14)6-7-16-13)11-8-4-3-5-9(8)11/h6-9,11-12,15H,2-5H2,1H3. The van der Waals surface area contributed by atoms with Crippen molar-refractivity contribution >= 4 is 15.9 Å². The summed E-state index contributed by atoms with van der Waals surface area (Å²) in [6.07, 6.45) is 6.07. The molecule has 0 saturated heterocycles. The van der Waals surface area contributed by atoms with Crippen LogP contribution in [-0.2, 0) is 0 Å². The summed E-state index contributed by atoms with van der Waals surface area (Å²) in [6.45, 7) is 3.18. The Morgan fingerprint density at radius 3 is 2.81 bits per heavy atom. The Balaban J connectivity index is 1.80. The summed E-state index contributed by atoms with van der Waals surface area (Å²) in [6, 6.07) is 2.42. The molecular weight excluding hydrogens is 266 g/mol. The molecule has 16 heavy (non-hydrogen) atoms. The van der Waals surface area contributed by atoms with Crippen LogP contribution in [-0.4, -0.2) is 6.54 Å². The van der Waals surface area contributed by atoms with E-state index in [0.29, 0.717) is 6.04 Å². The molecule has 0 spiro atoms. The molecule has 2 aliphatic carbocycles. The fourth-order valence-electron chi connectivity index (χ4n) is 3.52. The summed E-state index contributed by atoms with van der Waals surface area (Å²) >= 11 is 3.58. The van der Waals surface area contributed by atoms with Crippen molar-refractivity contribution < 1.29 is 4.42 Å². The van der Waals surface area contributed by atoms with E-state index in [4.69, 9.17) is 4.42 Å². The van der Waals surface area contributed by atoms with Gasteiger partial charge in [0, 0.05) is 0 Å². The molecule has 1 aromatic rings. The lowest BCUT2D eigenvalue weighted by molar-refractivity contribution is 0.353. The maximum absolute atomic E-state index is 5.64. The van der Waals surface area contributed by atoms with E-state index in [1.165, 1.54) is 19.3 Å². The molecule has 0 aromatic carbocycles. The lowest BCUT2D eigenvalue weighted by Gasteiger charge is -2.18. The lowest BCUT2D eigenvalue weighted by atomic mass is 10.0. The minimum atomic E-state index is 0.421. The molecule has 0 aliphatic heterocycles. The summed E-state index contributed by atoms with van der Waals surface area (Å²) in [5, 5.41) is 3.59. The van der Waals surface area contributed by atoms with Gasteiger partial charge in [-0.1, -0.05) is 13.3 Å². The molecule has 3 rings (SSSR count). The fraction of sp³-hybridized carbons (Fsp3) is 0.692. The van der Waals surface area contributed by atoms with Crippen LogP contribution in [0.3, 0.4) is 0 Å². The first-order valence-electron chi connectivity index (χ1n) is 6.29. The quantitative estimate of drug-likeness (QED) is 0.911. The minimum absolute atomic E-state index is 0.421. The second kappa shape index (κ2) is 4.19. The van der Waals surface area contributed by atoms with Gasteiger partial charge in [-0.3, -0.25) is 0 Å². The highest BCUT2D eigenvalue weighted by atomic mass is 79.9. The SMILES string of the molecule is CCNC(c1occc1Br)C1C2CCCC21. The Labute approximate surface area is 105 Å². The highest BCUT2D eigenvalue weighted by Crippen LogP contribution is 2.62. The Hall–Kier alpha value is -0.280. The van der Waals surface area contributed by atoms with Gasteiger partial charge in [0.1, 0.15) is 5.76 Å². The highest BCUT2D eigenvalue weighted by molar-refractivity contribution is 9.10. The molecule has 1 N–H and O–H groups in total. The van der Waals surface area contributed by atoms with E-state index >= 15 is 0 Å². The summed E-state index contributed by atoms with van der Waals surface area (Å²) in [5.41, 5.74) is 0. The molecule has 2 aliphatic rings. The predicted octanol–water partition coefficient (Wildman–Crippen LogP) is 3.74. The van der Waals surface area contributed by atoms with Gasteiger partial charge in [0.2, 0.25) is 0 Å². The van der Waals surface area contributed by atoms with E-state index in [1.807, 2.05) is 6.07 Å². The van der Waals surface area contributed by atoms with Crippen LogP contribution < -0.4 is 5.32 Å². The van der Waals surface area contributed by atoms with Gasteiger partial charge in [-0.2, -0.15) is 0 Å². The van der Waals surface area contributed by atoms with Crippen molar-refractivity contribution in [1.82, 2.24) is 5.32 Å². The van der Waals surface area contributed by atoms with E-state index in [9.17, 15) is 0 Å². The second-order valence-corrected chi connectivity index (χ2v) is 5.86. The third-order valence-corrected chi connectivity index (χ3v) is 4.86. The number of halogens is 1. The smallest absolute Gasteiger partial charge is 0.135 e. The summed E-state index contributed by atoms with van der Waals surface area (Å²) in [5.74, 6) is 3.83. The highest BCUT2D eigenvalue weighted by Gasteiger charge is 2.56. The zero-order valence-electron chi connectivity index (χ0n) is 9.58. The van der Waals surface area contributed by atoms with Crippen molar-refractivity contribution in [2.24, 2.45) is 17.8 Å². The Morgan fingerprint density at radius 1 is 1.50 bits per heavy atom. The molecule has 88 valence electrons. The molecule has 0 radical (unpaired) electrons. The van der Waals surface area contributed by atoms with E-state index < -0.39 is 0 Å². The predicted molar refractivity (Wildman–Crippen MR) is 67.1 cm³/mol. The van der Waals surface area contributed by atoms with E-state index in [0.717, 1.165) is 34.5 Å². The van der Waals surface area contributed by atoms with Crippen LogP contribution in [0.15, 0.2) is 21.2 Å². The van der Waals surface area contributed by atoms with E-state index in [-0.39, 0.29) is 0 Å². The summed E-state index contributed by atoms with van der Waals surface area (Å²) in [4.78, 5) is 0. The van der Waals surface area contributed by atoms with Gasteiger partial charge in [-0.05, 0) is 59.1 Å². The van der Waals surface area contributed by atoms with Crippen LogP contribution in [0, 0.1) is 17.8 Å². The molecule has 3 atom stereocenters. The average Bonchev–Trinajstić information content (AvgIpc) is 2.69. The van der Waals surface area contributed by atoms with Gasteiger partial charge in [0.15, 0.2) is 0 Å². The Bertz CT molecular complexity index is 366. The molecule has 1 aromatic heterocycles. The molecule has 0 amide bonds. The zero-order valence-corrected chi connectivity index (χ0v) is 11.2. The molecule has 3 heteroatoms. The summed E-state index contributed by atoms with van der Waals surface area (Å²) in [7, 11) is 0. The molecule has 2 saturated carbocycles. The average molecular weight is 284 g/mol. The number of nitrogens with one attached hydrogen (secondary N) is 1. The molecular formula is C13H18BrNO. The molecule has 3 unspecified atom stereocenters. The summed E-state index contributed by atoms with van der Waals surface area (Å²) < 4.78 is 6.75. The van der Waals surface area contributed by atoms with Crippen LogP contribution in [0.1, 0.15) is 38.0 Å². The number of hydrogen-bond donors (Lipinski definition) is 1. The van der Waals surface area contributed by atoms with Gasteiger partial charge in [-0.25, -0.2) is 0 Å². The monoisotopic (exact) mass is 283 g/mol. The Kier molecular flexibility index (Phi) is 2.84. The van der Waals surface area contributed by atoms with Crippen molar-refractivity contribution in [1.29, 1.82) is 0 Å². The zero-order chi connectivity index (χ0) is 11.1. The van der Waals surface area contributed by atoms with E-state index in [2.05, 4.69) is 28.2 Å². The third kappa shape index (κ3) is 1.65. The van der Waals surface area contributed by atoms with Crippen molar-refractivity contribution in [3.63, 3.8) is 0 Å². The lowest BCUT2D eigenvalue weighted by Crippen LogP contribution is -2.24.